The van der Waals surface area contributed by atoms with Gasteiger partial charge in [0.1, 0.15) is 23.9 Å². The Balaban J connectivity index is 2.02. The Morgan fingerprint density at radius 3 is 2.72 bits per heavy atom. The molecule has 0 fully saturated rings. The van der Waals surface area contributed by atoms with Crippen LogP contribution in [0.3, 0.4) is 0 Å². The van der Waals surface area contributed by atoms with Gasteiger partial charge in [0, 0.05) is 12.1 Å². The van der Waals surface area contributed by atoms with Crippen LogP contribution >= 0.6 is 0 Å². The molecule has 0 bridgehead atoms. The molecule has 3 heteroatoms. The highest BCUT2D eigenvalue weighted by Gasteiger charge is 2.07. The zero-order valence-electron chi connectivity index (χ0n) is 11.1. The molecule has 0 aliphatic carbocycles. The summed E-state index contributed by atoms with van der Waals surface area (Å²) in [6.07, 6.45) is 0. The summed E-state index contributed by atoms with van der Waals surface area (Å²) in [6, 6.07) is 10.0. The summed E-state index contributed by atoms with van der Waals surface area (Å²) >= 11 is 0. The van der Waals surface area contributed by atoms with E-state index < -0.39 is 0 Å². The molecule has 3 nitrogen and oxygen atoms in total. The Kier molecular flexibility index (Phi) is 4.05. The summed E-state index contributed by atoms with van der Waals surface area (Å²) in [5.41, 5.74) is 2.32. The minimum atomic E-state index is 0.468. The van der Waals surface area contributed by atoms with Gasteiger partial charge in [-0.25, -0.2) is 0 Å². The van der Waals surface area contributed by atoms with Crippen LogP contribution in [0.5, 0.6) is 5.75 Å². The molecule has 0 spiro atoms. The van der Waals surface area contributed by atoms with Gasteiger partial charge in [-0.3, -0.25) is 0 Å². The van der Waals surface area contributed by atoms with E-state index in [1.165, 1.54) is 5.56 Å². The van der Waals surface area contributed by atoms with E-state index in [0.29, 0.717) is 6.61 Å². The van der Waals surface area contributed by atoms with Crippen LogP contribution in [0.4, 0.5) is 0 Å². The van der Waals surface area contributed by atoms with Gasteiger partial charge in [0.25, 0.3) is 0 Å². The van der Waals surface area contributed by atoms with Crippen LogP contribution in [0.2, 0.25) is 0 Å². The van der Waals surface area contributed by atoms with Gasteiger partial charge >= 0.3 is 0 Å². The number of nitrogens with one attached hydrogen (secondary N) is 1. The third-order valence-electron chi connectivity index (χ3n) is 2.90. The van der Waals surface area contributed by atoms with Crippen LogP contribution in [0.15, 0.2) is 34.7 Å². The molecule has 0 unspecified atom stereocenters. The van der Waals surface area contributed by atoms with Crippen LogP contribution in [0, 0.1) is 13.8 Å². The van der Waals surface area contributed by atoms with Crippen molar-refractivity contribution in [3.8, 4) is 5.75 Å². The zero-order valence-corrected chi connectivity index (χ0v) is 11.1. The van der Waals surface area contributed by atoms with Crippen molar-refractivity contribution in [3.63, 3.8) is 0 Å². The Morgan fingerprint density at radius 2 is 2.00 bits per heavy atom. The van der Waals surface area contributed by atoms with Crippen molar-refractivity contribution in [1.82, 2.24) is 5.32 Å². The minimum absolute atomic E-state index is 0.468. The molecule has 0 amide bonds. The van der Waals surface area contributed by atoms with Gasteiger partial charge in [-0.1, -0.05) is 18.2 Å². The van der Waals surface area contributed by atoms with Crippen LogP contribution in [0.1, 0.15) is 22.6 Å². The van der Waals surface area contributed by atoms with Crippen LogP contribution < -0.4 is 10.1 Å². The molecule has 2 aromatic rings. The lowest BCUT2D eigenvalue weighted by molar-refractivity contribution is 0.266. The second-order valence-corrected chi connectivity index (χ2v) is 4.38. The van der Waals surface area contributed by atoms with E-state index in [0.717, 1.165) is 29.4 Å². The maximum atomic E-state index is 5.76. The van der Waals surface area contributed by atoms with E-state index in [4.69, 9.17) is 9.15 Å². The average molecular weight is 245 g/mol. The minimum Gasteiger partial charge on any atom is -0.485 e. The molecule has 0 radical (unpaired) electrons. The molecule has 1 heterocycles. The highest BCUT2D eigenvalue weighted by molar-refractivity contribution is 5.32. The Hall–Kier alpha value is -1.74. The first-order valence-corrected chi connectivity index (χ1v) is 6.12. The number of aryl methyl sites for hydroxylation is 2. The fraction of sp³-hybridized carbons (Fsp3) is 0.333. The number of para-hydroxylation sites is 1. The largest absolute Gasteiger partial charge is 0.485 e. The highest BCUT2D eigenvalue weighted by atomic mass is 16.5. The monoisotopic (exact) mass is 245 g/mol. The highest BCUT2D eigenvalue weighted by Crippen LogP contribution is 2.20. The van der Waals surface area contributed by atoms with Gasteiger partial charge in [-0.05, 0) is 38.6 Å². The summed E-state index contributed by atoms with van der Waals surface area (Å²) in [5, 5.41) is 3.12. The van der Waals surface area contributed by atoms with Crippen LogP contribution in [0.25, 0.3) is 0 Å². The predicted molar refractivity (Wildman–Crippen MR) is 71.7 cm³/mol. The molecular weight excluding hydrogens is 226 g/mol. The molecule has 0 aliphatic heterocycles. The molecule has 1 N–H and O–H groups in total. The van der Waals surface area contributed by atoms with E-state index in [9.17, 15) is 0 Å². The van der Waals surface area contributed by atoms with Crippen LogP contribution in [-0.2, 0) is 13.2 Å². The zero-order chi connectivity index (χ0) is 13.0. The fourth-order valence-corrected chi connectivity index (χ4v) is 1.89. The second-order valence-electron chi connectivity index (χ2n) is 4.38. The molecule has 0 atom stereocenters. The number of furan rings is 1. The molecule has 18 heavy (non-hydrogen) atoms. The lowest BCUT2D eigenvalue weighted by Crippen LogP contribution is -2.04. The first kappa shape index (κ1) is 12.7. The van der Waals surface area contributed by atoms with Gasteiger partial charge in [0.05, 0.1) is 0 Å². The van der Waals surface area contributed by atoms with E-state index >= 15 is 0 Å². The SMILES string of the molecule is CNCc1cc(COc2ccccc2C)oc1C. The summed E-state index contributed by atoms with van der Waals surface area (Å²) < 4.78 is 11.4. The first-order valence-electron chi connectivity index (χ1n) is 6.12. The number of rotatable bonds is 5. The first-order chi connectivity index (χ1) is 8.70. The van der Waals surface area contributed by atoms with Gasteiger partial charge in [-0.2, -0.15) is 0 Å². The summed E-state index contributed by atoms with van der Waals surface area (Å²) in [4.78, 5) is 0. The third kappa shape index (κ3) is 2.93. The predicted octanol–water partition coefficient (Wildman–Crippen LogP) is 3.19. The van der Waals surface area contributed by atoms with Crippen molar-refractivity contribution in [1.29, 1.82) is 0 Å². The molecule has 0 aliphatic rings. The van der Waals surface area contributed by atoms with Crippen molar-refractivity contribution in [2.45, 2.75) is 27.0 Å². The second kappa shape index (κ2) is 5.74. The van der Waals surface area contributed by atoms with Gasteiger partial charge < -0.3 is 14.5 Å². The molecule has 0 saturated carbocycles. The molecule has 0 saturated heterocycles. The summed E-state index contributed by atoms with van der Waals surface area (Å²) in [7, 11) is 1.93. The summed E-state index contributed by atoms with van der Waals surface area (Å²) in [5.74, 6) is 2.72. The average Bonchev–Trinajstić information content (AvgIpc) is 2.70. The van der Waals surface area contributed by atoms with Crippen molar-refractivity contribution in [2.24, 2.45) is 0 Å². The Bertz CT molecular complexity index is 517. The van der Waals surface area contributed by atoms with E-state index in [1.54, 1.807) is 0 Å². The molecule has 2 rings (SSSR count). The van der Waals surface area contributed by atoms with Crippen molar-refractivity contribution in [2.75, 3.05) is 7.05 Å². The number of hydrogen-bond donors (Lipinski definition) is 1. The maximum Gasteiger partial charge on any atom is 0.146 e. The van der Waals surface area contributed by atoms with Gasteiger partial charge in [-0.15, -0.1) is 0 Å². The molecular formula is C15H19NO2. The third-order valence-corrected chi connectivity index (χ3v) is 2.90. The van der Waals surface area contributed by atoms with Gasteiger partial charge in [0.15, 0.2) is 0 Å². The van der Waals surface area contributed by atoms with Crippen molar-refractivity contribution in [3.05, 3.63) is 53.0 Å². The van der Waals surface area contributed by atoms with E-state index in [1.807, 2.05) is 51.2 Å². The Morgan fingerprint density at radius 1 is 1.22 bits per heavy atom. The van der Waals surface area contributed by atoms with Crippen LogP contribution in [-0.4, -0.2) is 7.05 Å². The quantitative estimate of drug-likeness (QED) is 0.878. The normalized spacial score (nSPS) is 10.6. The maximum absolute atomic E-state index is 5.76. The van der Waals surface area contributed by atoms with Crippen molar-refractivity contribution < 1.29 is 9.15 Å². The Labute approximate surface area is 108 Å². The van der Waals surface area contributed by atoms with E-state index in [2.05, 4.69) is 5.32 Å². The summed E-state index contributed by atoms with van der Waals surface area (Å²) in [6.45, 7) is 5.30. The lowest BCUT2D eigenvalue weighted by atomic mass is 10.2. The topological polar surface area (TPSA) is 34.4 Å². The number of hydrogen-bond acceptors (Lipinski definition) is 3. The molecule has 1 aromatic heterocycles. The fourth-order valence-electron chi connectivity index (χ4n) is 1.89. The lowest BCUT2D eigenvalue weighted by Gasteiger charge is -2.06. The molecule has 1 aromatic carbocycles. The number of ether oxygens (including phenoxy) is 1. The van der Waals surface area contributed by atoms with Crippen molar-refractivity contribution >= 4 is 0 Å². The smallest absolute Gasteiger partial charge is 0.146 e. The van der Waals surface area contributed by atoms with Gasteiger partial charge in [0.2, 0.25) is 0 Å². The molecule has 96 valence electrons. The van der Waals surface area contributed by atoms with E-state index in [-0.39, 0.29) is 0 Å². The standard InChI is InChI=1S/C15H19NO2/c1-11-6-4-5-7-15(11)17-10-14-8-13(9-16-3)12(2)18-14/h4-8,16H,9-10H2,1-3H3. The number of benzene rings is 1.